The second-order valence-corrected chi connectivity index (χ2v) is 10.7. The number of carbonyl (C=O) groups is 1. The van der Waals surface area contributed by atoms with Crippen LogP contribution < -0.4 is 4.46 Å². The first kappa shape index (κ1) is 17.8. The second kappa shape index (κ2) is 7.49. The molecule has 0 radical (unpaired) electrons. The monoisotopic (exact) mass is 395 g/mol. The van der Waals surface area contributed by atoms with Crippen molar-refractivity contribution in [3.63, 3.8) is 0 Å². The summed E-state index contributed by atoms with van der Waals surface area (Å²) in [4.78, 5) is 15.5. The molecule has 1 saturated heterocycles. The molecule has 1 aliphatic carbocycles. The van der Waals surface area contributed by atoms with Crippen LogP contribution in [0.3, 0.4) is 0 Å². The molecule has 0 N–H and O–H groups in total. The van der Waals surface area contributed by atoms with Gasteiger partial charge in [-0.25, -0.2) is 0 Å². The van der Waals surface area contributed by atoms with E-state index in [1.165, 1.54) is 30.1 Å². The molecule has 3 rings (SSSR count). The third kappa shape index (κ3) is 4.34. The van der Waals surface area contributed by atoms with E-state index in [4.69, 9.17) is 4.74 Å². The molecular weight excluding hydrogens is 365 g/mol. The van der Waals surface area contributed by atoms with Gasteiger partial charge in [0.05, 0.1) is 0 Å². The van der Waals surface area contributed by atoms with Gasteiger partial charge in [0.1, 0.15) is 0 Å². The first-order chi connectivity index (χ1) is 11.4. The van der Waals surface area contributed by atoms with Gasteiger partial charge in [0.2, 0.25) is 0 Å². The van der Waals surface area contributed by atoms with Crippen molar-refractivity contribution in [1.82, 2.24) is 4.90 Å². The van der Waals surface area contributed by atoms with Crippen LogP contribution in [0, 0.1) is 5.92 Å². The molecule has 2 aliphatic rings. The average Bonchev–Trinajstić information content (AvgIpc) is 2.54. The molecule has 1 aliphatic heterocycles. The van der Waals surface area contributed by atoms with Crippen LogP contribution in [-0.4, -0.2) is 44.1 Å². The summed E-state index contributed by atoms with van der Waals surface area (Å²) < 4.78 is 7.17. The number of hydrogen-bond donors (Lipinski definition) is 0. The van der Waals surface area contributed by atoms with Crippen LogP contribution in [0.25, 0.3) is 0 Å². The second-order valence-electron chi connectivity index (χ2n) is 7.97. The number of ether oxygens (including phenoxy) is 1. The zero-order valence-electron chi connectivity index (χ0n) is 15.0. The van der Waals surface area contributed by atoms with Gasteiger partial charge in [-0.15, -0.1) is 0 Å². The fraction of sp³-hybridized carbons (Fsp3) is 0.650. The van der Waals surface area contributed by atoms with Crippen molar-refractivity contribution in [3.8, 4) is 0 Å². The van der Waals surface area contributed by atoms with E-state index in [-0.39, 0.29) is 6.09 Å². The maximum atomic E-state index is 12.8. The van der Waals surface area contributed by atoms with Crippen molar-refractivity contribution < 1.29 is 9.53 Å². The predicted octanol–water partition coefficient (Wildman–Crippen LogP) is 4.00. The van der Waals surface area contributed by atoms with Crippen LogP contribution in [0.2, 0.25) is 4.82 Å². The van der Waals surface area contributed by atoms with Gasteiger partial charge in [-0.05, 0) is 0 Å². The normalized spacial score (nSPS) is 27.5. The fourth-order valence-electron chi connectivity index (χ4n) is 4.01. The molecule has 0 spiro atoms. The Morgan fingerprint density at radius 2 is 1.83 bits per heavy atom. The Balaban J connectivity index is 1.77. The van der Waals surface area contributed by atoms with Crippen LogP contribution in [0.1, 0.15) is 52.9 Å². The molecular formula is C20H29NO2Se. The van der Waals surface area contributed by atoms with Gasteiger partial charge in [0.15, 0.2) is 0 Å². The number of fused-ring (bicyclic) bond motifs is 1. The van der Waals surface area contributed by atoms with Gasteiger partial charge in [-0.2, -0.15) is 0 Å². The first-order valence-corrected chi connectivity index (χ1v) is 11.0. The topological polar surface area (TPSA) is 29.5 Å². The van der Waals surface area contributed by atoms with E-state index in [1.807, 2.05) is 20.8 Å². The summed E-state index contributed by atoms with van der Waals surface area (Å²) in [6.07, 6.45) is 6.10. The molecule has 3 atom stereocenters. The van der Waals surface area contributed by atoms with E-state index in [2.05, 4.69) is 35.2 Å². The van der Waals surface area contributed by atoms with Crippen molar-refractivity contribution >= 4 is 25.5 Å². The van der Waals surface area contributed by atoms with E-state index in [1.54, 1.807) is 0 Å². The molecule has 1 aromatic carbocycles. The van der Waals surface area contributed by atoms with Crippen LogP contribution in [-0.2, 0) is 4.74 Å². The number of hydrogen-bond acceptors (Lipinski definition) is 2. The van der Waals surface area contributed by atoms with Crippen LogP contribution in [0.5, 0.6) is 0 Å². The third-order valence-electron chi connectivity index (χ3n) is 4.92. The molecule has 1 aromatic rings. The summed E-state index contributed by atoms with van der Waals surface area (Å²) in [6, 6.07) is 11.2. The van der Waals surface area contributed by atoms with Crippen molar-refractivity contribution in [2.24, 2.45) is 5.92 Å². The van der Waals surface area contributed by atoms with Crippen LogP contribution >= 0.6 is 0 Å². The van der Waals surface area contributed by atoms with Gasteiger partial charge in [-0.3, -0.25) is 0 Å². The Hall–Kier alpha value is -0.991. The number of nitrogens with zero attached hydrogens (tertiary/aromatic N) is 1. The summed E-state index contributed by atoms with van der Waals surface area (Å²) in [6.45, 7) is 6.73. The van der Waals surface area contributed by atoms with Gasteiger partial charge < -0.3 is 0 Å². The first-order valence-electron chi connectivity index (χ1n) is 9.15. The molecule has 3 nitrogen and oxygen atoms in total. The van der Waals surface area contributed by atoms with Crippen molar-refractivity contribution in [1.29, 1.82) is 0 Å². The van der Waals surface area contributed by atoms with Gasteiger partial charge in [-0.1, -0.05) is 0 Å². The van der Waals surface area contributed by atoms with E-state index in [0.29, 0.717) is 31.7 Å². The Bertz CT molecular complexity index is 553. The van der Waals surface area contributed by atoms with Crippen LogP contribution in [0.4, 0.5) is 4.79 Å². The Morgan fingerprint density at radius 3 is 2.54 bits per heavy atom. The molecule has 1 amide bonds. The van der Waals surface area contributed by atoms with Crippen molar-refractivity contribution in [2.45, 2.75) is 69.3 Å². The number of likely N-dealkylation sites (tertiary alicyclic amines) is 1. The molecule has 1 saturated carbocycles. The van der Waals surface area contributed by atoms with Gasteiger partial charge in [0, 0.05) is 0 Å². The molecule has 2 fully saturated rings. The minimum atomic E-state index is -0.418. The fourth-order valence-corrected chi connectivity index (χ4v) is 7.06. The van der Waals surface area contributed by atoms with Crippen molar-refractivity contribution in [2.75, 3.05) is 6.54 Å². The standard InChI is InChI=1S/C20H29NO2Se/c1-20(2,3)23-19(22)21-14-8-10-15-9-7-13-17(18(15)21)24-16-11-5-4-6-12-16/h4-6,11-12,15,17-18H,7-10,13-14H2,1-3H3/t15-,17+,18+/m1/s1. The average molecular weight is 394 g/mol. The number of rotatable bonds is 2. The minimum absolute atomic E-state index is 0.104. The quantitative estimate of drug-likeness (QED) is 0.710. The molecule has 0 bridgehead atoms. The molecule has 24 heavy (non-hydrogen) atoms. The zero-order valence-corrected chi connectivity index (χ0v) is 16.7. The summed E-state index contributed by atoms with van der Waals surface area (Å²) in [5.41, 5.74) is -0.418. The molecule has 0 unspecified atom stereocenters. The van der Waals surface area contributed by atoms with Gasteiger partial charge in [0.25, 0.3) is 0 Å². The molecule has 1 heterocycles. The number of amides is 1. The number of piperidine rings is 1. The number of carbonyl (C=O) groups excluding carboxylic acids is 1. The van der Waals surface area contributed by atoms with Crippen molar-refractivity contribution in [3.05, 3.63) is 30.3 Å². The van der Waals surface area contributed by atoms with Gasteiger partial charge >= 0.3 is 152 Å². The Kier molecular flexibility index (Phi) is 5.56. The molecule has 0 aromatic heterocycles. The molecule has 132 valence electrons. The Labute approximate surface area is 152 Å². The number of benzene rings is 1. The molecule has 4 heteroatoms. The third-order valence-corrected chi connectivity index (χ3v) is 7.78. The predicted molar refractivity (Wildman–Crippen MR) is 98.9 cm³/mol. The van der Waals surface area contributed by atoms with E-state index >= 15 is 0 Å². The summed E-state index contributed by atoms with van der Waals surface area (Å²) >= 11 is 0.419. The maximum absolute atomic E-state index is 12.8. The Morgan fingerprint density at radius 1 is 1.12 bits per heavy atom. The van der Waals surface area contributed by atoms with E-state index in [0.717, 1.165) is 13.0 Å². The van der Waals surface area contributed by atoms with Crippen LogP contribution in [0.15, 0.2) is 30.3 Å². The summed E-state index contributed by atoms with van der Waals surface area (Å²) in [5, 5.41) is 0. The zero-order chi connectivity index (χ0) is 17.2. The summed E-state index contributed by atoms with van der Waals surface area (Å²) in [5.74, 6) is 0.663. The van der Waals surface area contributed by atoms with E-state index in [9.17, 15) is 4.79 Å². The SMILES string of the molecule is CC(C)(C)OC(=O)N1CCC[C@H]2CCC[C@H]([Se]c3ccccc3)[C@H]21. The summed E-state index contributed by atoms with van der Waals surface area (Å²) in [7, 11) is 0. The van der Waals surface area contributed by atoms with E-state index < -0.39 is 5.60 Å².